The van der Waals surface area contributed by atoms with Crippen LogP contribution in [0, 0.1) is 19.8 Å². The largest absolute Gasteiger partial charge is 0.465 e. The van der Waals surface area contributed by atoms with Crippen molar-refractivity contribution in [3.8, 4) is 0 Å². The summed E-state index contributed by atoms with van der Waals surface area (Å²) in [6, 6.07) is 0. The number of aromatic nitrogens is 2. The quantitative estimate of drug-likeness (QED) is 0.766. The first kappa shape index (κ1) is 15.2. The summed E-state index contributed by atoms with van der Waals surface area (Å²) in [5, 5.41) is 1.08. The number of anilines is 1. The van der Waals surface area contributed by atoms with Crippen molar-refractivity contribution in [1.29, 1.82) is 0 Å². The van der Waals surface area contributed by atoms with E-state index in [2.05, 4.69) is 28.7 Å². The molecule has 0 radical (unpaired) electrons. The standard InChI is InChI=1S/C16H21N3O2S/c1-4-21-13(20)8-19(7-12-5-6-12)15-14-10(2)11(3)22-16(14)18-9-17-15/h9,12H,4-8H2,1-3H3. The first-order valence-corrected chi connectivity index (χ1v) is 8.53. The number of rotatable bonds is 6. The second-order valence-electron chi connectivity index (χ2n) is 5.79. The van der Waals surface area contributed by atoms with E-state index in [0.29, 0.717) is 12.5 Å². The SMILES string of the molecule is CCOC(=O)CN(CC1CC1)c1ncnc2sc(C)c(C)c12. The van der Waals surface area contributed by atoms with Crippen LogP contribution in [0.25, 0.3) is 10.2 Å². The number of hydrogen-bond donors (Lipinski definition) is 0. The van der Waals surface area contributed by atoms with Gasteiger partial charge in [-0.3, -0.25) is 4.79 Å². The van der Waals surface area contributed by atoms with Crippen LogP contribution in [0.3, 0.4) is 0 Å². The van der Waals surface area contributed by atoms with E-state index in [1.54, 1.807) is 17.7 Å². The van der Waals surface area contributed by atoms with Crippen LogP contribution < -0.4 is 4.90 Å². The van der Waals surface area contributed by atoms with Crippen LogP contribution >= 0.6 is 11.3 Å². The van der Waals surface area contributed by atoms with E-state index in [1.807, 2.05) is 6.92 Å². The molecular weight excluding hydrogens is 298 g/mol. The van der Waals surface area contributed by atoms with Crippen LogP contribution in [0.2, 0.25) is 0 Å². The van der Waals surface area contributed by atoms with Gasteiger partial charge in [-0.2, -0.15) is 0 Å². The number of ether oxygens (including phenoxy) is 1. The summed E-state index contributed by atoms with van der Waals surface area (Å²) >= 11 is 1.68. The van der Waals surface area contributed by atoms with E-state index in [-0.39, 0.29) is 12.5 Å². The number of hydrogen-bond acceptors (Lipinski definition) is 6. The molecule has 0 bridgehead atoms. The molecule has 0 amide bonds. The number of aryl methyl sites for hydroxylation is 2. The topological polar surface area (TPSA) is 55.3 Å². The molecule has 5 nitrogen and oxygen atoms in total. The first-order chi connectivity index (χ1) is 10.6. The van der Waals surface area contributed by atoms with Gasteiger partial charge in [0.15, 0.2) is 0 Å². The Hall–Kier alpha value is -1.69. The summed E-state index contributed by atoms with van der Waals surface area (Å²) < 4.78 is 5.12. The summed E-state index contributed by atoms with van der Waals surface area (Å²) in [5.41, 5.74) is 1.21. The maximum atomic E-state index is 12.0. The van der Waals surface area contributed by atoms with E-state index >= 15 is 0 Å². The van der Waals surface area contributed by atoms with Crippen molar-refractivity contribution >= 4 is 33.3 Å². The third-order valence-electron chi connectivity index (χ3n) is 4.05. The lowest BCUT2D eigenvalue weighted by atomic mass is 10.2. The van der Waals surface area contributed by atoms with Crippen molar-refractivity contribution in [1.82, 2.24) is 9.97 Å². The van der Waals surface area contributed by atoms with Gasteiger partial charge in [0, 0.05) is 11.4 Å². The molecule has 2 aromatic rings. The van der Waals surface area contributed by atoms with E-state index in [0.717, 1.165) is 22.6 Å². The van der Waals surface area contributed by atoms with Crippen molar-refractivity contribution < 1.29 is 9.53 Å². The predicted octanol–water partition coefficient (Wildman–Crippen LogP) is 3.09. The predicted molar refractivity (Wildman–Crippen MR) is 88.5 cm³/mol. The first-order valence-electron chi connectivity index (χ1n) is 7.71. The van der Waals surface area contributed by atoms with Gasteiger partial charge in [0.05, 0.1) is 12.0 Å². The Morgan fingerprint density at radius 1 is 1.41 bits per heavy atom. The van der Waals surface area contributed by atoms with Crippen LogP contribution in [0.4, 0.5) is 5.82 Å². The zero-order valence-corrected chi connectivity index (χ0v) is 14.1. The highest BCUT2D eigenvalue weighted by molar-refractivity contribution is 7.18. The molecule has 0 saturated heterocycles. The van der Waals surface area contributed by atoms with Crippen LogP contribution in [0.5, 0.6) is 0 Å². The van der Waals surface area contributed by atoms with Crippen molar-refractivity contribution in [2.24, 2.45) is 5.92 Å². The van der Waals surface area contributed by atoms with E-state index in [1.165, 1.54) is 23.3 Å². The van der Waals surface area contributed by atoms with Gasteiger partial charge >= 0.3 is 5.97 Å². The molecule has 118 valence electrons. The molecule has 0 unspecified atom stereocenters. The molecule has 2 heterocycles. The van der Waals surface area contributed by atoms with Crippen LogP contribution in [-0.2, 0) is 9.53 Å². The number of esters is 1. The average Bonchev–Trinajstić information content (AvgIpc) is 3.25. The van der Waals surface area contributed by atoms with Crippen molar-refractivity contribution in [2.75, 3.05) is 24.6 Å². The molecule has 1 saturated carbocycles. The number of nitrogens with zero attached hydrogens (tertiary/aromatic N) is 3. The highest BCUT2D eigenvalue weighted by Crippen LogP contribution is 2.36. The molecule has 22 heavy (non-hydrogen) atoms. The summed E-state index contributed by atoms with van der Waals surface area (Å²) in [5.74, 6) is 1.34. The van der Waals surface area contributed by atoms with E-state index < -0.39 is 0 Å². The molecule has 2 aromatic heterocycles. The monoisotopic (exact) mass is 319 g/mol. The molecule has 6 heteroatoms. The lowest BCUT2D eigenvalue weighted by Gasteiger charge is -2.23. The number of carbonyl (C=O) groups excluding carboxylic acids is 1. The highest BCUT2D eigenvalue weighted by Gasteiger charge is 2.28. The van der Waals surface area contributed by atoms with Crippen molar-refractivity contribution in [2.45, 2.75) is 33.6 Å². The fraction of sp³-hybridized carbons (Fsp3) is 0.562. The van der Waals surface area contributed by atoms with Gasteiger partial charge in [0.2, 0.25) is 0 Å². The van der Waals surface area contributed by atoms with Crippen LogP contribution in [0.15, 0.2) is 6.33 Å². The molecule has 1 aliphatic carbocycles. The van der Waals surface area contributed by atoms with Gasteiger partial charge in [0.25, 0.3) is 0 Å². The highest BCUT2D eigenvalue weighted by atomic mass is 32.1. The Morgan fingerprint density at radius 2 is 2.18 bits per heavy atom. The molecule has 0 aromatic carbocycles. The number of thiophene rings is 1. The van der Waals surface area contributed by atoms with E-state index in [4.69, 9.17) is 4.74 Å². The molecule has 1 fully saturated rings. The third kappa shape index (κ3) is 3.06. The van der Waals surface area contributed by atoms with Gasteiger partial charge in [-0.25, -0.2) is 9.97 Å². The molecule has 0 atom stereocenters. The zero-order chi connectivity index (χ0) is 15.7. The minimum absolute atomic E-state index is 0.195. The normalized spacial score (nSPS) is 14.3. The zero-order valence-electron chi connectivity index (χ0n) is 13.3. The molecule has 0 N–H and O–H groups in total. The third-order valence-corrected chi connectivity index (χ3v) is 5.16. The Labute approximate surface area is 134 Å². The maximum Gasteiger partial charge on any atom is 0.325 e. The van der Waals surface area contributed by atoms with Crippen LogP contribution in [0.1, 0.15) is 30.2 Å². The Balaban J connectivity index is 1.97. The second kappa shape index (κ2) is 6.20. The molecule has 0 aliphatic heterocycles. The van der Waals surface area contributed by atoms with Gasteiger partial charge in [0.1, 0.15) is 23.5 Å². The lowest BCUT2D eigenvalue weighted by molar-refractivity contribution is -0.141. The lowest BCUT2D eigenvalue weighted by Crippen LogP contribution is -2.33. The minimum Gasteiger partial charge on any atom is -0.465 e. The average molecular weight is 319 g/mol. The van der Waals surface area contributed by atoms with Crippen molar-refractivity contribution in [3.05, 3.63) is 16.8 Å². The van der Waals surface area contributed by atoms with Gasteiger partial charge < -0.3 is 9.64 Å². The number of fused-ring (bicyclic) bond motifs is 1. The second-order valence-corrected chi connectivity index (χ2v) is 6.99. The molecular formula is C16H21N3O2S. The molecule has 3 rings (SSSR count). The smallest absolute Gasteiger partial charge is 0.325 e. The summed E-state index contributed by atoms with van der Waals surface area (Å²) in [4.78, 5) is 25.1. The van der Waals surface area contributed by atoms with Gasteiger partial charge in [-0.05, 0) is 45.1 Å². The Morgan fingerprint density at radius 3 is 2.86 bits per heavy atom. The fourth-order valence-corrected chi connectivity index (χ4v) is 3.60. The summed E-state index contributed by atoms with van der Waals surface area (Å²) in [6.45, 7) is 7.55. The van der Waals surface area contributed by atoms with Gasteiger partial charge in [-0.1, -0.05) is 0 Å². The minimum atomic E-state index is -0.195. The van der Waals surface area contributed by atoms with E-state index in [9.17, 15) is 4.79 Å². The Kier molecular flexibility index (Phi) is 4.29. The van der Waals surface area contributed by atoms with Gasteiger partial charge in [-0.15, -0.1) is 11.3 Å². The summed E-state index contributed by atoms with van der Waals surface area (Å²) in [6.07, 6.45) is 4.06. The summed E-state index contributed by atoms with van der Waals surface area (Å²) in [7, 11) is 0. The van der Waals surface area contributed by atoms with Crippen LogP contribution in [-0.4, -0.2) is 35.6 Å². The molecule has 0 spiro atoms. The Bertz CT molecular complexity index is 694. The fourth-order valence-electron chi connectivity index (χ4n) is 2.60. The molecule has 1 aliphatic rings. The number of carbonyl (C=O) groups is 1. The maximum absolute atomic E-state index is 12.0. The van der Waals surface area contributed by atoms with Crippen molar-refractivity contribution in [3.63, 3.8) is 0 Å².